The highest BCUT2D eigenvalue weighted by molar-refractivity contribution is 5.69. The van der Waals surface area contributed by atoms with Gasteiger partial charge in [-0.15, -0.1) is 0 Å². The SMILES string of the molecule is CC(CCc1ccc2c(c1)OCCO2)C(=O)O. The summed E-state index contributed by atoms with van der Waals surface area (Å²) in [4.78, 5) is 10.7. The fourth-order valence-electron chi connectivity index (χ4n) is 1.75. The number of carboxylic acid groups (broad SMARTS) is 1. The van der Waals surface area contributed by atoms with Crippen molar-refractivity contribution in [3.05, 3.63) is 23.8 Å². The lowest BCUT2D eigenvalue weighted by Crippen LogP contribution is -2.15. The highest BCUT2D eigenvalue weighted by Crippen LogP contribution is 2.31. The van der Waals surface area contributed by atoms with Gasteiger partial charge in [0.25, 0.3) is 0 Å². The van der Waals surface area contributed by atoms with Crippen LogP contribution in [0.3, 0.4) is 0 Å². The molecule has 0 aromatic heterocycles. The lowest BCUT2D eigenvalue weighted by Gasteiger charge is -2.19. The van der Waals surface area contributed by atoms with Gasteiger partial charge in [0.15, 0.2) is 11.5 Å². The summed E-state index contributed by atoms with van der Waals surface area (Å²) in [6.07, 6.45) is 1.37. The van der Waals surface area contributed by atoms with Crippen molar-refractivity contribution in [3.63, 3.8) is 0 Å². The molecule has 92 valence electrons. The largest absolute Gasteiger partial charge is 0.486 e. The van der Waals surface area contributed by atoms with Gasteiger partial charge in [0.2, 0.25) is 0 Å². The van der Waals surface area contributed by atoms with E-state index in [9.17, 15) is 4.79 Å². The summed E-state index contributed by atoms with van der Waals surface area (Å²) < 4.78 is 10.9. The molecule has 17 heavy (non-hydrogen) atoms. The van der Waals surface area contributed by atoms with Crippen LogP contribution in [0.15, 0.2) is 18.2 Å². The van der Waals surface area contributed by atoms with Crippen molar-refractivity contribution in [2.75, 3.05) is 13.2 Å². The van der Waals surface area contributed by atoms with Crippen LogP contribution in [0.25, 0.3) is 0 Å². The lowest BCUT2D eigenvalue weighted by molar-refractivity contribution is -0.141. The van der Waals surface area contributed by atoms with Crippen molar-refractivity contribution in [1.29, 1.82) is 0 Å². The number of aryl methyl sites for hydroxylation is 1. The molecular formula is C13H16O4. The molecule has 0 aliphatic carbocycles. The maximum absolute atomic E-state index is 10.7. The summed E-state index contributed by atoms with van der Waals surface area (Å²) in [6.45, 7) is 2.88. The molecule has 0 saturated heterocycles. The first-order valence-electron chi connectivity index (χ1n) is 5.78. The van der Waals surface area contributed by atoms with E-state index in [-0.39, 0.29) is 5.92 Å². The summed E-state index contributed by atoms with van der Waals surface area (Å²) in [6, 6.07) is 5.78. The summed E-state index contributed by atoms with van der Waals surface area (Å²) in [5, 5.41) is 8.81. The molecule has 0 saturated carbocycles. The number of hydrogen-bond acceptors (Lipinski definition) is 3. The van der Waals surface area contributed by atoms with Gasteiger partial charge >= 0.3 is 5.97 Å². The number of aliphatic carboxylic acids is 1. The number of benzene rings is 1. The third-order valence-electron chi connectivity index (χ3n) is 2.89. The maximum Gasteiger partial charge on any atom is 0.306 e. The molecule has 1 aromatic carbocycles. The average Bonchev–Trinajstić information content (AvgIpc) is 2.35. The van der Waals surface area contributed by atoms with Crippen LogP contribution in [0.5, 0.6) is 11.5 Å². The molecule has 1 aliphatic heterocycles. The van der Waals surface area contributed by atoms with Crippen molar-refractivity contribution in [1.82, 2.24) is 0 Å². The van der Waals surface area contributed by atoms with Crippen LogP contribution >= 0.6 is 0 Å². The molecule has 1 aromatic rings. The zero-order chi connectivity index (χ0) is 12.3. The molecule has 1 atom stereocenters. The standard InChI is InChI=1S/C13H16O4/c1-9(13(14)15)2-3-10-4-5-11-12(8-10)17-7-6-16-11/h4-5,8-9H,2-3,6-7H2,1H3,(H,14,15). The fourth-order valence-corrected chi connectivity index (χ4v) is 1.75. The van der Waals surface area contributed by atoms with E-state index >= 15 is 0 Å². The van der Waals surface area contributed by atoms with Gasteiger partial charge in [-0.05, 0) is 30.5 Å². The Kier molecular flexibility index (Phi) is 3.52. The summed E-state index contributed by atoms with van der Waals surface area (Å²) >= 11 is 0. The van der Waals surface area contributed by atoms with Crippen molar-refractivity contribution in [3.8, 4) is 11.5 Å². The average molecular weight is 236 g/mol. The molecule has 0 fully saturated rings. The molecule has 1 N–H and O–H groups in total. The van der Waals surface area contributed by atoms with Gasteiger partial charge in [0, 0.05) is 0 Å². The van der Waals surface area contributed by atoms with Crippen LogP contribution in [0, 0.1) is 5.92 Å². The number of carbonyl (C=O) groups is 1. The van der Waals surface area contributed by atoms with Crippen LogP contribution in [-0.2, 0) is 11.2 Å². The Morgan fingerprint density at radius 3 is 2.76 bits per heavy atom. The molecule has 1 unspecified atom stereocenters. The maximum atomic E-state index is 10.7. The smallest absolute Gasteiger partial charge is 0.306 e. The first-order chi connectivity index (χ1) is 8.16. The molecule has 1 aliphatic rings. The van der Waals surface area contributed by atoms with E-state index in [2.05, 4.69) is 0 Å². The first-order valence-corrected chi connectivity index (χ1v) is 5.78. The minimum absolute atomic E-state index is 0.316. The Bertz CT molecular complexity index is 414. The topological polar surface area (TPSA) is 55.8 Å². The van der Waals surface area contributed by atoms with Crippen molar-refractivity contribution >= 4 is 5.97 Å². The molecule has 4 nitrogen and oxygen atoms in total. The Hall–Kier alpha value is -1.71. The third kappa shape index (κ3) is 2.90. The van der Waals surface area contributed by atoms with Gasteiger partial charge in [-0.25, -0.2) is 0 Å². The lowest BCUT2D eigenvalue weighted by atomic mass is 10.0. The van der Waals surface area contributed by atoms with E-state index in [1.165, 1.54) is 0 Å². The molecule has 4 heteroatoms. The van der Waals surface area contributed by atoms with Crippen molar-refractivity contribution in [2.24, 2.45) is 5.92 Å². The van der Waals surface area contributed by atoms with E-state index in [4.69, 9.17) is 14.6 Å². The number of rotatable bonds is 4. The number of fused-ring (bicyclic) bond motifs is 1. The Labute approximate surface area is 100 Å². The van der Waals surface area contributed by atoms with Gasteiger partial charge in [-0.3, -0.25) is 4.79 Å². The van der Waals surface area contributed by atoms with E-state index in [0.29, 0.717) is 19.6 Å². The zero-order valence-corrected chi connectivity index (χ0v) is 9.81. The van der Waals surface area contributed by atoms with Crippen molar-refractivity contribution in [2.45, 2.75) is 19.8 Å². The van der Waals surface area contributed by atoms with Gasteiger partial charge < -0.3 is 14.6 Å². The third-order valence-corrected chi connectivity index (χ3v) is 2.89. The Balaban J connectivity index is 2.00. The molecule has 1 heterocycles. The summed E-state index contributed by atoms with van der Waals surface area (Å²) in [5.74, 6) is 0.466. The molecule has 0 spiro atoms. The summed E-state index contributed by atoms with van der Waals surface area (Å²) in [5.41, 5.74) is 1.09. The second-order valence-corrected chi connectivity index (χ2v) is 4.26. The van der Waals surface area contributed by atoms with E-state index < -0.39 is 5.97 Å². The predicted octanol–water partition coefficient (Wildman–Crippen LogP) is 2.11. The van der Waals surface area contributed by atoms with Gasteiger partial charge in [-0.2, -0.15) is 0 Å². The monoisotopic (exact) mass is 236 g/mol. The zero-order valence-electron chi connectivity index (χ0n) is 9.81. The molecule has 0 amide bonds. The highest BCUT2D eigenvalue weighted by atomic mass is 16.6. The van der Waals surface area contributed by atoms with Crippen molar-refractivity contribution < 1.29 is 19.4 Å². The summed E-state index contributed by atoms with van der Waals surface area (Å²) in [7, 11) is 0. The Morgan fingerprint density at radius 1 is 1.35 bits per heavy atom. The normalized spacial score (nSPS) is 15.4. The predicted molar refractivity (Wildman–Crippen MR) is 62.6 cm³/mol. The second kappa shape index (κ2) is 5.08. The van der Waals surface area contributed by atoms with Crippen LogP contribution in [0.4, 0.5) is 0 Å². The molecular weight excluding hydrogens is 220 g/mol. The minimum Gasteiger partial charge on any atom is -0.486 e. The quantitative estimate of drug-likeness (QED) is 0.869. The minimum atomic E-state index is -0.748. The van der Waals surface area contributed by atoms with Gasteiger partial charge in [-0.1, -0.05) is 13.0 Å². The van der Waals surface area contributed by atoms with E-state index in [1.807, 2.05) is 18.2 Å². The molecule has 2 rings (SSSR count). The molecule has 0 radical (unpaired) electrons. The highest BCUT2D eigenvalue weighted by Gasteiger charge is 2.14. The van der Waals surface area contributed by atoms with Crippen LogP contribution in [0.2, 0.25) is 0 Å². The molecule has 0 bridgehead atoms. The van der Waals surface area contributed by atoms with Gasteiger partial charge in [0.1, 0.15) is 13.2 Å². The first kappa shape index (κ1) is 11.8. The fraction of sp³-hybridized carbons (Fsp3) is 0.462. The number of ether oxygens (including phenoxy) is 2. The van der Waals surface area contributed by atoms with E-state index in [1.54, 1.807) is 6.92 Å². The van der Waals surface area contributed by atoms with Crippen LogP contribution in [0.1, 0.15) is 18.9 Å². The van der Waals surface area contributed by atoms with E-state index in [0.717, 1.165) is 23.5 Å². The second-order valence-electron chi connectivity index (χ2n) is 4.26. The number of hydrogen-bond donors (Lipinski definition) is 1. The van der Waals surface area contributed by atoms with Crippen LogP contribution < -0.4 is 9.47 Å². The van der Waals surface area contributed by atoms with Crippen LogP contribution in [-0.4, -0.2) is 24.3 Å². The number of carboxylic acids is 1. The van der Waals surface area contributed by atoms with Gasteiger partial charge in [0.05, 0.1) is 5.92 Å². The Morgan fingerprint density at radius 2 is 2.06 bits per heavy atom.